The van der Waals surface area contributed by atoms with Gasteiger partial charge in [-0.15, -0.1) is 0 Å². The molecule has 0 saturated carbocycles. The highest BCUT2D eigenvalue weighted by molar-refractivity contribution is 5.87. The van der Waals surface area contributed by atoms with Gasteiger partial charge in [0.2, 0.25) is 0 Å². The molecule has 1 atom stereocenters. The maximum atomic E-state index is 11.4. The van der Waals surface area contributed by atoms with Crippen molar-refractivity contribution in [2.45, 2.75) is 58.5 Å². The molecule has 0 spiro atoms. The highest BCUT2D eigenvalue weighted by atomic mass is 16.6. The van der Waals surface area contributed by atoms with Crippen molar-refractivity contribution in [3.8, 4) is 0 Å². The van der Waals surface area contributed by atoms with Crippen molar-refractivity contribution in [3.05, 3.63) is 0 Å². The van der Waals surface area contributed by atoms with E-state index >= 15 is 0 Å². The summed E-state index contributed by atoms with van der Waals surface area (Å²) in [7, 11) is 0. The van der Waals surface area contributed by atoms with E-state index in [-0.39, 0.29) is 6.42 Å². The third-order valence-corrected chi connectivity index (χ3v) is 2.81. The fourth-order valence-electron chi connectivity index (χ4n) is 1.88. The summed E-state index contributed by atoms with van der Waals surface area (Å²) in [5.74, 6) is -1.24. The Hall–Kier alpha value is -0.940. The Bertz CT molecular complexity index is 246. The molecule has 5 heteroatoms. The lowest BCUT2D eigenvalue weighted by atomic mass is 9.93. The summed E-state index contributed by atoms with van der Waals surface area (Å²) in [4.78, 5) is 22.4. The first-order chi connectivity index (χ1) is 8.54. The lowest BCUT2D eigenvalue weighted by Crippen LogP contribution is -2.28. The second-order valence-electron chi connectivity index (χ2n) is 4.47. The normalized spacial score (nSPS) is 12.5. The molecule has 0 aliphatic carbocycles. The maximum Gasteiger partial charge on any atom is 0.345 e. The van der Waals surface area contributed by atoms with Gasteiger partial charge in [0.1, 0.15) is 0 Å². The molecule has 106 valence electrons. The van der Waals surface area contributed by atoms with Crippen LogP contribution >= 0.6 is 0 Å². The Balaban J connectivity index is 3.96. The Kier molecular flexibility index (Phi) is 9.50. The highest BCUT2D eigenvalue weighted by Crippen LogP contribution is 2.19. The SMILES string of the molecule is CCCC(CCC)CCC(=O)OC(=O)C(O)CO. The number of ether oxygens (including phenoxy) is 1. The minimum Gasteiger partial charge on any atom is -0.393 e. The number of aliphatic hydroxyl groups is 2. The lowest BCUT2D eigenvalue weighted by molar-refractivity contribution is -0.167. The number of esters is 2. The first-order valence-corrected chi connectivity index (χ1v) is 6.58. The van der Waals surface area contributed by atoms with E-state index in [4.69, 9.17) is 10.2 Å². The summed E-state index contributed by atoms with van der Waals surface area (Å²) in [5.41, 5.74) is 0. The molecule has 1 unspecified atom stereocenters. The predicted molar refractivity (Wildman–Crippen MR) is 66.7 cm³/mol. The summed E-state index contributed by atoms with van der Waals surface area (Å²) in [5, 5.41) is 17.5. The molecule has 0 radical (unpaired) electrons. The van der Waals surface area contributed by atoms with E-state index in [1.165, 1.54) is 0 Å². The van der Waals surface area contributed by atoms with E-state index in [0.717, 1.165) is 25.7 Å². The van der Waals surface area contributed by atoms with Crippen molar-refractivity contribution < 1.29 is 24.5 Å². The van der Waals surface area contributed by atoms with Crippen molar-refractivity contribution in [1.29, 1.82) is 0 Å². The molecule has 0 saturated heterocycles. The summed E-state index contributed by atoms with van der Waals surface area (Å²) in [6.45, 7) is 3.46. The van der Waals surface area contributed by atoms with E-state index < -0.39 is 24.6 Å². The average Bonchev–Trinajstić information content (AvgIpc) is 2.35. The van der Waals surface area contributed by atoms with Crippen LogP contribution in [0.2, 0.25) is 0 Å². The quantitative estimate of drug-likeness (QED) is 0.483. The van der Waals surface area contributed by atoms with Gasteiger partial charge in [-0.3, -0.25) is 4.79 Å². The van der Waals surface area contributed by atoms with Crippen LogP contribution in [0.25, 0.3) is 0 Å². The second kappa shape index (κ2) is 10.0. The van der Waals surface area contributed by atoms with Crippen LogP contribution in [0.1, 0.15) is 52.4 Å². The topological polar surface area (TPSA) is 83.8 Å². The number of rotatable bonds is 9. The number of hydrogen-bond donors (Lipinski definition) is 2. The minimum absolute atomic E-state index is 0.175. The Morgan fingerprint density at radius 3 is 2.11 bits per heavy atom. The summed E-state index contributed by atoms with van der Waals surface area (Å²) < 4.78 is 4.42. The zero-order chi connectivity index (χ0) is 14.0. The van der Waals surface area contributed by atoms with E-state index in [1.807, 2.05) is 0 Å². The maximum absolute atomic E-state index is 11.4. The standard InChI is InChI=1S/C13H24O5/c1-3-5-10(6-4-2)7-8-12(16)18-13(17)11(15)9-14/h10-11,14-15H,3-9H2,1-2H3. The molecule has 5 nitrogen and oxygen atoms in total. The zero-order valence-electron chi connectivity index (χ0n) is 11.2. The molecule has 2 N–H and O–H groups in total. The Morgan fingerprint density at radius 1 is 1.11 bits per heavy atom. The first-order valence-electron chi connectivity index (χ1n) is 6.58. The van der Waals surface area contributed by atoms with Crippen LogP contribution in [0.5, 0.6) is 0 Å². The number of carbonyl (C=O) groups is 2. The van der Waals surface area contributed by atoms with Crippen LogP contribution in [0.4, 0.5) is 0 Å². The third-order valence-electron chi connectivity index (χ3n) is 2.81. The van der Waals surface area contributed by atoms with Gasteiger partial charge in [0, 0.05) is 6.42 Å². The molecule has 0 aromatic rings. The van der Waals surface area contributed by atoms with Crippen molar-refractivity contribution in [2.24, 2.45) is 5.92 Å². The van der Waals surface area contributed by atoms with Crippen molar-refractivity contribution in [1.82, 2.24) is 0 Å². The fraction of sp³-hybridized carbons (Fsp3) is 0.846. The average molecular weight is 260 g/mol. The van der Waals surface area contributed by atoms with E-state index in [1.54, 1.807) is 0 Å². The largest absolute Gasteiger partial charge is 0.393 e. The summed E-state index contributed by atoms with van der Waals surface area (Å²) in [6.07, 6.45) is 3.51. The van der Waals surface area contributed by atoms with Gasteiger partial charge in [0.15, 0.2) is 6.10 Å². The smallest absolute Gasteiger partial charge is 0.345 e. The van der Waals surface area contributed by atoms with Gasteiger partial charge in [-0.25, -0.2) is 4.79 Å². The van der Waals surface area contributed by atoms with Gasteiger partial charge in [-0.1, -0.05) is 39.5 Å². The molecule has 0 heterocycles. The highest BCUT2D eigenvalue weighted by Gasteiger charge is 2.19. The second-order valence-corrected chi connectivity index (χ2v) is 4.47. The van der Waals surface area contributed by atoms with Crippen LogP contribution in [-0.4, -0.2) is 34.9 Å². The summed E-state index contributed by atoms with van der Waals surface area (Å²) >= 11 is 0. The monoisotopic (exact) mass is 260 g/mol. The number of aliphatic hydroxyl groups excluding tert-OH is 2. The molecule has 0 amide bonds. The molecule has 0 rings (SSSR count). The predicted octanol–water partition coefficient (Wildman–Crippen LogP) is 1.41. The molecule has 0 aromatic heterocycles. The lowest BCUT2D eigenvalue weighted by Gasteiger charge is -2.14. The third kappa shape index (κ3) is 7.40. The molecule has 18 heavy (non-hydrogen) atoms. The molecule has 0 aromatic carbocycles. The molecule has 0 bridgehead atoms. The van der Waals surface area contributed by atoms with E-state index in [0.29, 0.717) is 12.3 Å². The Labute approximate surface area is 108 Å². The molecule has 0 aliphatic heterocycles. The van der Waals surface area contributed by atoms with E-state index in [2.05, 4.69) is 18.6 Å². The van der Waals surface area contributed by atoms with Crippen molar-refractivity contribution in [2.75, 3.05) is 6.61 Å². The molecular weight excluding hydrogens is 236 g/mol. The van der Waals surface area contributed by atoms with Gasteiger partial charge in [-0.05, 0) is 12.3 Å². The van der Waals surface area contributed by atoms with Gasteiger partial charge in [-0.2, -0.15) is 0 Å². The first kappa shape index (κ1) is 17.1. The van der Waals surface area contributed by atoms with Crippen molar-refractivity contribution >= 4 is 11.9 Å². The van der Waals surface area contributed by atoms with Crippen LogP contribution in [0.3, 0.4) is 0 Å². The van der Waals surface area contributed by atoms with Gasteiger partial charge < -0.3 is 14.9 Å². The van der Waals surface area contributed by atoms with Crippen molar-refractivity contribution in [3.63, 3.8) is 0 Å². The van der Waals surface area contributed by atoms with Crippen LogP contribution < -0.4 is 0 Å². The zero-order valence-corrected chi connectivity index (χ0v) is 11.2. The van der Waals surface area contributed by atoms with Gasteiger partial charge in [0.05, 0.1) is 6.61 Å². The molecule has 0 fully saturated rings. The van der Waals surface area contributed by atoms with Crippen LogP contribution in [0.15, 0.2) is 0 Å². The molecule has 0 aliphatic rings. The minimum atomic E-state index is -1.63. The fourth-order valence-corrected chi connectivity index (χ4v) is 1.88. The molecular formula is C13H24O5. The van der Waals surface area contributed by atoms with Gasteiger partial charge >= 0.3 is 11.9 Å². The van der Waals surface area contributed by atoms with Gasteiger partial charge in [0.25, 0.3) is 0 Å². The van der Waals surface area contributed by atoms with Crippen LogP contribution in [-0.2, 0) is 14.3 Å². The van der Waals surface area contributed by atoms with Crippen LogP contribution in [0, 0.1) is 5.92 Å². The number of hydrogen-bond acceptors (Lipinski definition) is 5. The Morgan fingerprint density at radius 2 is 1.67 bits per heavy atom. The number of carbonyl (C=O) groups excluding carboxylic acids is 2. The summed E-state index contributed by atoms with van der Waals surface area (Å²) in [6, 6.07) is 0. The van der Waals surface area contributed by atoms with E-state index in [9.17, 15) is 9.59 Å².